The van der Waals surface area contributed by atoms with E-state index >= 15 is 0 Å². The van der Waals surface area contributed by atoms with Crippen molar-refractivity contribution >= 4 is 0 Å². The van der Waals surface area contributed by atoms with Crippen molar-refractivity contribution in [3.8, 4) is 0 Å². The van der Waals surface area contributed by atoms with E-state index in [1.165, 1.54) is 16.7 Å². The van der Waals surface area contributed by atoms with Gasteiger partial charge >= 0.3 is 0 Å². The summed E-state index contributed by atoms with van der Waals surface area (Å²) in [5, 5.41) is 10.9. The molecule has 1 N–H and O–H groups in total. The molecule has 1 aliphatic heterocycles. The van der Waals surface area contributed by atoms with Crippen LogP contribution < -0.4 is 0 Å². The Hall–Kier alpha value is -1.64. The number of rotatable bonds is 3. The topological polar surface area (TPSA) is 29.5 Å². The van der Waals surface area contributed by atoms with Crippen molar-refractivity contribution < 1.29 is 9.84 Å². The second-order valence-corrected chi connectivity index (χ2v) is 6.15. The molecular weight excluding hydrogens is 260 g/mol. The predicted molar refractivity (Wildman–Crippen MR) is 84.2 cm³/mol. The average Bonchev–Trinajstić information content (AvgIpc) is 2.48. The van der Waals surface area contributed by atoms with Crippen molar-refractivity contribution in [1.29, 1.82) is 0 Å². The molecule has 2 heteroatoms. The summed E-state index contributed by atoms with van der Waals surface area (Å²) < 4.78 is 5.93. The summed E-state index contributed by atoms with van der Waals surface area (Å²) in [5.74, 6) is 0. The van der Waals surface area contributed by atoms with E-state index in [0.29, 0.717) is 6.42 Å². The molecule has 0 aliphatic carbocycles. The van der Waals surface area contributed by atoms with Crippen LogP contribution in [0.15, 0.2) is 48.5 Å². The number of aryl methyl sites for hydroxylation is 1. The third-order valence-corrected chi connectivity index (χ3v) is 4.35. The van der Waals surface area contributed by atoms with Crippen LogP contribution in [0.1, 0.15) is 41.7 Å². The van der Waals surface area contributed by atoms with Crippen LogP contribution >= 0.6 is 0 Å². The molecule has 21 heavy (non-hydrogen) atoms. The fraction of sp³-hybridized carbons (Fsp3) is 0.368. The van der Waals surface area contributed by atoms with Crippen molar-refractivity contribution in [2.45, 2.75) is 38.4 Å². The van der Waals surface area contributed by atoms with Crippen LogP contribution in [0.25, 0.3) is 0 Å². The molecule has 1 aliphatic rings. The largest absolute Gasteiger partial charge is 0.385 e. The minimum absolute atomic E-state index is 0.0359. The summed E-state index contributed by atoms with van der Waals surface area (Å²) >= 11 is 0. The Bertz CT molecular complexity index is 614. The summed E-state index contributed by atoms with van der Waals surface area (Å²) in [7, 11) is 0. The second-order valence-electron chi connectivity index (χ2n) is 6.15. The molecule has 2 atom stereocenters. The van der Waals surface area contributed by atoms with Gasteiger partial charge in [0.05, 0.1) is 18.3 Å². The first-order valence-corrected chi connectivity index (χ1v) is 7.55. The number of ether oxygens (including phenoxy) is 1. The summed E-state index contributed by atoms with van der Waals surface area (Å²) in [6, 6.07) is 16.5. The molecule has 0 saturated heterocycles. The van der Waals surface area contributed by atoms with Gasteiger partial charge in [0.15, 0.2) is 0 Å². The van der Waals surface area contributed by atoms with Crippen molar-refractivity contribution in [2.75, 3.05) is 6.61 Å². The zero-order valence-electron chi connectivity index (χ0n) is 12.7. The minimum Gasteiger partial charge on any atom is -0.385 e. The first-order valence-electron chi connectivity index (χ1n) is 7.55. The molecule has 2 nitrogen and oxygen atoms in total. The van der Waals surface area contributed by atoms with Crippen molar-refractivity contribution in [1.82, 2.24) is 0 Å². The number of benzene rings is 2. The number of hydrogen-bond acceptors (Lipinski definition) is 2. The van der Waals surface area contributed by atoms with Gasteiger partial charge < -0.3 is 9.84 Å². The van der Waals surface area contributed by atoms with Gasteiger partial charge in [-0.1, -0.05) is 54.1 Å². The molecule has 0 fully saturated rings. The van der Waals surface area contributed by atoms with E-state index in [1.54, 1.807) is 0 Å². The number of fused-ring (bicyclic) bond motifs is 1. The van der Waals surface area contributed by atoms with Gasteiger partial charge in [-0.3, -0.25) is 0 Å². The normalized spacial score (nSPS) is 20.6. The molecule has 3 rings (SSSR count). The van der Waals surface area contributed by atoms with Crippen LogP contribution in [0.4, 0.5) is 0 Å². The van der Waals surface area contributed by atoms with Gasteiger partial charge in [0.2, 0.25) is 0 Å². The number of aliphatic hydroxyl groups is 1. The molecule has 0 aromatic heterocycles. The predicted octanol–water partition coefficient (Wildman–Crippen LogP) is 3.91. The maximum absolute atomic E-state index is 10.9. The van der Waals surface area contributed by atoms with Gasteiger partial charge in [0.25, 0.3) is 0 Å². The molecule has 2 aromatic carbocycles. The van der Waals surface area contributed by atoms with Crippen LogP contribution in [0.2, 0.25) is 0 Å². The highest BCUT2D eigenvalue weighted by Gasteiger charge is 2.31. The third kappa shape index (κ3) is 3.02. The molecule has 0 radical (unpaired) electrons. The summed E-state index contributed by atoms with van der Waals surface area (Å²) in [6.07, 6.45) is 1.50. The Morgan fingerprint density at radius 2 is 1.86 bits per heavy atom. The molecule has 2 unspecified atom stereocenters. The third-order valence-electron chi connectivity index (χ3n) is 4.35. The molecule has 0 spiro atoms. The van der Waals surface area contributed by atoms with Gasteiger partial charge in [-0.05, 0) is 37.0 Å². The first-order chi connectivity index (χ1) is 10.1. The van der Waals surface area contributed by atoms with Crippen LogP contribution in [0, 0.1) is 6.92 Å². The Balaban J connectivity index is 1.84. The van der Waals surface area contributed by atoms with Crippen molar-refractivity contribution in [3.05, 3.63) is 70.8 Å². The number of hydrogen-bond donors (Lipinski definition) is 1. The standard InChI is InChI=1S/C19H22O2/c1-14-7-9-16(10-8-14)19(2,20)13-18-17-6-4-3-5-15(17)11-12-21-18/h3-10,18,20H,11-13H2,1-2H3. The highest BCUT2D eigenvalue weighted by atomic mass is 16.5. The van der Waals surface area contributed by atoms with Crippen LogP contribution in [0.3, 0.4) is 0 Å². The maximum atomic E-state index is 10.9. The average molecular weight is 282 g/mol. The SMILES string of the molecule is Cc1ccc(C(C)(O)CC2OCCc3ccccc32)cc1. The second kappa shape index (κ2) is 5.63. The van der Waals surface area contributed by atoms with Gasteiger partial charge in [-0.2, -0.15) is 0 Å². The monoisotopic (exact) mass is 282 g/mol. The lowest BCUT2D eigenvalue weighted by Crippen LogP contribution is -2.28. The molecule has 1 heterocycles. The Morgan fingerprint density at radius 3 is 2.62 bits per heavy atom. The summed E-state index contributed by atoms with van der Waals surface area (Å²) in [6.45, 7) is 4.66. The van der Waals surface area contributed by atoms with Gasteiger partial charge in [-0.25, -0.2) is 0 Å². The fourth-order valence-corrected chi connectivity index (χ4v) is 3.04. The maximum Gasteiger partial charge on any atom is 0.0896 e. The highest BCUT2D eigenvalue weighted by molar-refractivity contribution is 5.32. The smallest absolute Gasteiger partial charge is 0.0896 e. The summed E-state index contributed by atoms with van der Waals surface area (Å²) in [4.78, 5) is 0. The fourth-order valence-electron chi connectivity index (χ4n) is 3.04. The van der Waals surface area contributed by atoms with Crippen LogP contribution in [0.5, 0.6) is 0 Å². The van der Waals surface area contributed by atoms with E-state index in [9.17, 15) is 5.11 Å². The van der Waals surface area contributed by atoms with Gasteiger partial charge in [0.1, 0.15) is 0 Å². The minimum atomic E-state index is -0.886. The Morgan fingerprint density at radius 1 is 1.14 bits per heavy atom. The van der Waals surface area contributed by atoms with Crippen LogP contribution in [-0.4, -0.2) is 11.7 Å². The van der Waals surface area contributed by atoms with Crippen molar-refractivity contribution in [2.24, 2.45) is 0 Å². The first kappa shape index (κ1) is 14.3. The highest BCUT2D eigenvalue weighted by Crippen LogP contribution is 2.37. The van der Waals surface area contributed by atoms with E-state index in [0.717, 1.165) is 18.6 Å². The lowest BCUT2D eigenvalue weighted by molar-refractivity contribution is -0.0398. The van der Waals surface area contributed by atoms with E-state index in [2.05, 4.69) is 25.1 Å². The van der Waals surface area contributed by atoms with Crippen LogP contribution in [-0.2, 0) is 16.8 Å². The van der Waals surface area contributed by atoms with Crippen molar-refractivity contribution in [3.63, 3.8) is 0 Å². The summed E-state index contributed by atoms with van der Waals surface area (Å²) in [5.41, 5.74) is 3.82. The molecule has 0 amide bonds. The van der Waals surface area contributed by atoms with Gasteiger partial charge in [0, 0.05) is 6.42 Å². The van der Waals surface area contributed by atoms with E-state index < -0.39 is 5.60 Å². The quantitative estimate of drug-likeness (QED) is 0.925. The Kier molecular flexibility index (Phi) is 3.83. The molecule has 110 valence electrons. The zero-order valence-corrected chi connectivity index (χ0v) is 12.7. The van der Waals surface area contributed by atoms with E-state index in [-0.39, 0.29) is 6.10 Å². The Labute approximate surface area is 126 Å². The van der Waals surface area contributed by atoms with E-state index in [4.69, 9.17) is 4.74 Å². The molecule has 0 bridgehead atoms. The molecule has 0 saturated carbocycles. The molecular formula is C19H22O2. The lowest BCUT2D eigenvalue weighted by Gasteiger charge is -2.32. The van der Waals surface area contributed by atoms with Gasteiger partial charge in [-0.15, -0.1) is 0 Å². The zero-order chi connectivity index (χ0) is 14.9. The lowest BCUT2D eigenvalue weighted by atomic mass is 9.85. The molecule has 2 aromatic rings. The van der Waals surface area contributed by atoms with E-state index in [1.807, 2.05) is 37.3 Å².